The highest BCUT2D eigenvalue weighted by molar-refractivity contribution is 7.90. The molecule has 0 spiro atoms. The second-order valence-electron chi connectivity index (χ2n) is 5.84. The SMILES string of the molecule is CCOC(=O)c1c([P+](=O)OCC)c2cc(Cl)ccc2n1S(=O)(=O)c1ccccc1. The van der Waals surface area contributed by atoms with Gasteiger partial charge in [-0.15, -0.1) is 4.52 Å². The van der Waals surface area contributed by atoms with Crippen LogP contribution in [-0.4, -0.2) is 31.6 Å². The van der Waals surface area contributed by atoms with Crippen LogP contribution in [0.25, 0.3) is 10.9 Å². The minimum atomic E-state index is -4.21. The Morgan fingerprint density at radius 2 is 1.79 bits per heavy atom. The maximum absolute atomic E-state index is 13.4. The molecule has 0 amide bonds. The maximum Gasteiger partial charge on any atom is 0.552 e. The Balaban J connectivity index is 2.47. The third-order valence-corrected chi connectivity index (χ3v) is 7.31. The van der Waals surface area contributed by atoms with Crippen molar-refractivity contribution in [3.05, 3.63) is 59.2 Å². The number of hydrogen-bond acceptors (Lipinski definition) is 6. The van der Waals surface area contributed by atoms with Crippen LogP contribution in [0.15, 0.2) is 53.4 Å². The molecule has 1 atom stereocenters. The first-order chi connectivity index (χ1) is 13.8. The van der Waals surface area contributed by atoms with Crippen molar-refractivity contribution in [3.63, 3.8) is 0 Å². The van der Waals surface area contributed by atoms with Crippen LogP contribution < -0.4 is 5.30 Å². The molecule has 29 heavy (non-hydrogen) atoms. The quantitative estimate of drug-likeness (QED) is 0.394. The van der Waals surface area contributed by atoms with E-state index < -0.39 is 24.0 Å². The maximum atomic E-state index is 13.4. The summed E-state index contributed by atoms with van der Waals surface area (Å²) in [5, 5.41) is 0.482. The lowest BCUT2D eigenvalue weighted by atomic mass is 10.2. The standard InChI is InChI=1S/C19H18ClNO6PS/c1-3-26-19(22)17-18(28(23)27-4-2)15-12-13(20)10-11-16(15)21(17)29(24,25)14-8-6-5-7-9-14/h5-12H,3-4H2,1-2H3/q+1. The first kappa shape index (κ1) is 21.5. The largest absolute Gasteiger partial charge is 0.552 e. The lowest BCUT2D eigenvalue weighted by Crippen LogP contribution is -2.24. The van der Waals surface area contributed by atoms with Gasteiger partial charge in [0.05, 0.1) is 22.4 Å². The zero-order valence-corrected chi connectivity index (χ0v) is 18.1. The summed E-state index contributed by atoms with van der Waals surface area (Å²) < 4.78 is 50.9. The van der Waals surface area contributed by atoms with Gasteiger partial charge in [0, 0.05) is 5.02 Å². The minimum absolute atomic E-state index is 0.0113. The fourth-order valence-corrected chi connectivity index (χ4v) is 5.79. The van der Waals surface area contributed by atoms with Crippen LogP contribution in [0.5, 0.6) is 0 Å². The number of esters is 1. The average molecular weight is 455 g/mol. The Morgan fingerprint density at radius 1 is 1.10 bits per heavy atom. The van der Waals surface area contributed by atoms with Crippen LogP contribution in [0, 0.1) is 0 Å². The van der Waals surface area contributed by atoms with Crippen molar-refractivity contribution < 1.29 is 27.0 Å². The molecule has 0 aliphatic rings. The van der Waals surface area contributed by atoms with Gasteiger partial charge < -0.3 is 4.74 Å². The van der Waals surface area contributed by atoms with Crippen molar-refractivity contribution >= 4 is 51.8 Å². The van der Waals surface area contributed by atoms with Crippen LogP contribution >= 0.6 is 19.6 Å². The number of aromatic nitrogens is 1. The van der Waals surface area contributed by atoms with Gasteiger partial charge >= 0.3 is 14.0 Å². The Labute approximate surface area is 174 Å². The van der Waals surface area contributed by atoms with Gasteiger partial charge in [0.15, 0.2) is 5.69 Å². The van der Waals surface area contributed by atoms with E-state index in [0.29, 0.717) is 5.02 Å². The van der Waals surface area contributed by atoms with Crippen molar-refractivity contribution in [2.45, 2.75) is 18.7 Å². The first-order valence-corrected chi connectivity index (χ1v) is 11.7. The number of ether oxygens (including phenoxy) is 1. The molecule has 0 saturated heterocycles. The second-order valence-corrected chi connectivity index (χ2v) is 9.28. The van der Waals surface area contributed by atoms with E-state index >= 15 is 0 Å². The molecule has 0 saturated carbocycles. The summed E-state index contributed by atoms with van der Waals surface area (Å²) in [4.78, 5) is 12.8. The predicted octanol–water partition coefficient (Wildman–Crippen LogP) is 4.11. The summed E-state index contributed by atoms with van der Waals surface area (Å²) in [5.41, 5.74) is -0.207. The molecule has 1 aromatic heterocycles. The van der Waals surface area contributed by atoms with Gasteiger partial charge in [-0.05, 0) is 48.7 Å². The molecule has 0 fully saturated rings. The van der Waals surface area contributed by atoms with Gasteiger partial charge in [-0.3, -0.25) is 0 Å². The monoisotopic (exact) mass is 454 g/mol. The Kier molecular flexibility index (Phi) is 6.39. The summed E-state index contributed by atoms with van der Waals surface area (Å²) in [7, 11) is -6.75. The highest BCUT2D eigenvalue weighted by atomic mass is 35.5. The lowest BCUT2D eigenvalue weighted by molar-refractivity contribution is 0.0520. The van der Waals surface area contributed by atoms with E-state index in [1.807, 2.05) is 0 Å². The Morgan fingerprint density at radius 3 is 2.41 bits per heavy atom. The van der Waals surface area contributed by atoms with Crippen LogP contribution in [0.2, 0.25) is 5.02 Å². The number of rotatable bonds is 7. The van der Waals surface area contributed by atoms with Crippen molar-refractivity contribution in [2.75, 3.05) is 13.2 Å². The molecule has 2 aromatic carbocycles. The van der Waals surface area contributed by atoms with Gasteiger partial charge in [0.2, 0.25) is 0 Å². The molecular formula is C19H18ClNO6PS+. The molecule has 0 N–H and O–H groups in total. The molecule has 3 rings (SSSR count). The van der Waals surface area contributed by atoms with E-state index in [9.17, 15) is 17.8 Å². The molecular weight excluding hydrogens is 437 g/mol. The lowest BCUT2D eigenvalue weighted by Gasteiger charge is -2.10. The van der Waals surface area contributed by atoms with E-state index in [1.165, 1.54) is 30.3 Å². The van der Waals surface area contributed by atoms with Crippen LogP contribution in [0.1, 0.15) is 24.3 Å². The van der Waals surface area contributed by atoms with Crippen molar-refractivity contribution in [1.29, 1.82) is 0 Å². The molecule has 0 radical (unpaired) electrons. The zero-order chi connectivity index (χ0) is 21.2. The smallest absolute Gasteiger partial charge is 0.461 e. The van der Waals surface area contributed by atoms with E-state index in [2.05, 4.69) is 0 Å². The van der Waals surface area contributed by atoms with Gasteiger partial charge in [0.25, 0.3) is 15.3 Å². The molecule has 0 bridgehead atoms. The van der Waals surface area contributed by atoms with Gasteiger partial charge in [0.1, 0.15) is 6.61 Å². The zero-order valence-electron chi connectivity index (χ0n) is 15.7. The van der Waals surface area contributed by atoms with Crippen LogP contribution in [0.3, 0.4) is 0 Å². The van der Waals surface area contributed by atoms with Crippen molar-refractivity contribution in [1.82, 2.24) is 3.97 Å². The van der Waals surface area contributed by atoms with Crippen molar-refractivity contribution in [2.24, 2.45) is 0 Å². The third-order valence-electron chi connectivity index (χ3n) is 4.04. The third kappa shape index (κ3) is 3.94. The fraction of sp³-hybridized carbons (Fsp3) is 0.211. The van der Waals surface area contributed by atoms with Gasteiger partial charge in [-0.2, -0.15) is 0 Å². The van der Waals surface area contributed by atoms with Crippen LogP contribution in [0.4, 0.5) is 0 Å². The summed E-state index contributed by atoms with van der Waals surface area (Å²) >= 11 is 6.10. The normalized spacial score (nSPS) is 12.2. The van der Waals surface area contributed by atoms with E-state index in [0.717, 1.165) is 3.97 Å². The first-order valence-electron chi connectivity index (χ1n) is 8.74. The van der Waals surface area contributed by atoms with E-state index in [-0.39, 0.29) is 40.0 Å². The summed E-state index contributed by atoms with van der Waals surface area (Å²) in [6.45, 7) is 3.35. The number of benzene rings is 2. The average Bonchev–Trinajstić information content (AvgIpc) is 3.04. The molecule has 1 unspecified atom stereocenters. The van der Waals surface area contributed by atoms with Crippen LogP contribution in [-0.2, 0) is 23.8 Å². The predicted molar refractivity (Wildman–Crippen MR) is 111 cm³/mol. The number of fused-ring (bicyclic) bond motifs is 1. The second kappa shape index (κ2) is 8.63. The van der Waals surface area contributed by atoms with Crippen molar-refractivity contribution in [3.8, 4) is 0 Å². The number of carbonyl (C=O) groups excluding carboxylic acids is 1. The Hall–Kier alpha value is -2.25. The molecule has 0 aliphatic carbocycles. The molecule has 3 aromatic rings. The highest BCUT2D eigenvalue weighted by Crippen LogP contribution is 2.35. The Bertz CT molecular complexity index is 1190. The molecule has 0 aliphatic heterocycles. The van der Waals surface area contributed by atoms with Gasteiger partial charge in [-0.1, -0.05) is 29.8 Å². The number of nitrogens with zero attached hydrogens (tertiary/aromatic N) is 1. The molecule has 7 nitrogen and oxygen atoms in total. The molecule has 1 heterocycles. The molecule has 10 heteroatoms. The van der Waals surface area contributed by atoms with E-state index in [4.69, 9.17) is 20.9 Å². The highest BCUT2D eigenvalue weighted by Gasteiger charge is 2.41. The fourth-order valence-electron chi connectivity index (χ4n) is 2.91. The summed E-state index contributed by atoms with van der Waals surface area (Å²) in [5.74, 6) is -0.919. The minimum Gasteiger partial charge on any atom is -0.461 e. The van der Waals surface area contributed by atoms with Gasteiger partial charge in [-0.25, -0.2) is 17.2 Å². The number of carbonyl (C=O) groups is 1. The van der Waals surface area contributed by atoms with E-state index in [1.54, 1.807) is 32.0 Å². The number of hydrogen-bond donors (Lipinski definition) is 0. The summed E-state index contributed by atoms with van der Waals surface area (Å²) in [6, 6.07) is 12.0. The number of halogens is 1. The topological polar surface area (TPSA) is 91.7 Å². The molecule has 152 valence electrons. The summed E-state index contributed by atoms with van der Waals surface area (Å²) in [6.07, 6.45) is 0.